The molecule has 29 heavy (non-hydrogen) atoms. The number of alkyl halides is 3. The highest BCUT2D eigenvalue weighted by Gasteiger charge is 2.72. The lowest BCUT2D eigenvalue weighted by Crippen LogP contribution is -2.56. The number of allylic oxidation sites excluding steroid dienone is 1. The molecule has 2 heterocycles. The topological polar surface area (TPSA) is 89.7 Å². The number of nitrogens with one attached hydrogen (secondary N) is 1. The van der Waals surface area contributed by atoms with E-state index in [0.29, 0.717) is 19.4 Å². The van der Waals surface area contributed by atoms with E-state index in [-0.39, 0.29) is 17.6 Å². The molecule has 1 saturated carbocycles. The molecule has 0 aromatic rings. The van der Waals surface area contributed by atoms with E-state index in [9.17, 15) is 9.59 Å². The van der Waals surface area contributed by atoms with Gasteiger partial charge >= 0.3 is 6.09 Å². The summed E-state index contributed by atoms with van der Waals surface area (Å²) in [7, 11) is 1.57. The van der Waals surface area contributed by atoms with Crippen molar-refractivity contribution >= 4 is 46.8 Å². The molecule has 7 nitrogen and oxygen atoms in total. The maximum absolute atomic E-state index is 12.2. The predicted molar refractivity (Wildman–Crippen MR) is 108 cm³/mol. The average molecular weight is 471 g/mol. The molecule has 10 heteroatoms. The first-order valence-electron chi connectivity index (χ1n) is 9.49. The summed E-state index contributed by atoms with van der Waals surface area (Å²) in [4.78, 5) is 23.9. The van der Waals surface area contributed by atoms with Gasteiger partial charge in [-0.3, -0.25) is 10.1 Å². The number of carbonyl (C=O) groups is 2. The Labute approximate surface area is 185 Å². The van der Waals surface area contributed by atoms with Gasteiger partial charge in [0.05, 0.1) is 18.6 Å². The molecule has 1 N–H and O–H groups in total. The van der Waals surface area contributed by atoms with E-state index in [4.69, 9.17) is 53.8 Å². The van der Waals surface area contributed by atoms with Crippen LogP contribution < -0.4 is 5.32 Å². The first-order valence-corrected chi connectivity index (χ1v) is 10.6. The van der Waals surface area contributed by atoms with Crippen molar-refractivity contribution in [3.05, 3.63) is 11.6 Å². The summed E-state index contributed by atoms with van der Waals surface area (Å²) >= 11 is 16.4. The second-order valence-corrected chi connectivity index (χ2v) is 10.6. The van der Waals surface area contributed by atoms with Gasteiger partial charge in [-0.2, -0.15) is 0 Å². The van der Waals surface area contributed by atoms with Crippen LogP contribution in [0.1, 0.15) is 40.0 Å². The maximum atomic E-state index is 12.2. The fourth-order valence-electron chi connectivity index (χ4n) is 4.40. The van der Waals surface area contributed by atoms with Crippen LogP contribution >= 0.6 is 34.8 Å². The Balaban J connectivity index is 1.71. The molecule has 3 rings (SSSR count). The van der Waals surface area contributed by atoms with Crippen LogP contribution in [0.25, 0.3) is 0 Å². The number of ether oxygens (including phenoxy) is 4. The molecule has 2 amide bonds. The van der Waals surface area contributed by atoms with Crippen molar-refractivity contribution in [2.24, 2.45) is 5.92 Å². The van der Waals surface area contributed by atoms with Crippen LogP contribution in [0.5, 0.6) is 0 Å². The highest BCUT2D eigenvalue weighted by molar-refractivity contribution is 6.76. The van der Waals surface area contributed by atoms with Crippen LogP contribution in [-0.2, 0) is 23.7 Å². The summed E-state index contributed by atoms with van der Waals surface area (Å²) in [5, 5.41) is 1.94. The quantitative estimate of drug-likeness (QED) is 0.374. The van der Waals surface area contributed by atoms with Gasteiger partial charge in [0.25, 0.3) is 9.70 Å². The number of imide groups is 1. The molecule has 2 saturated heterocycles. The van der Waals surface area contributed by atoms with Gasteiger partial charge in [-0.05, 0) is 40.0 Å². The Bertz CT molecular complexity index is 701. The van der Waals surface area contributed by atoms with E-state index in [1.54, 1.807) is 7.11 Å². The molecule has 1 spiro atoms. The molecular weight excluding hydrogens is 445 g/mol. The number of alkyl carbamates (subject to hydrolysis) is 1. The third-order valence-electron chi connectivity index (χ3n) is 5.97. The van der Waals surface area contributed by atoms with E-state index >= 15 is 0 Å². The van der Waals surface area contributed by atoms with Gasteiger partial charge in [0.1, 0.15) is 23.4 Å². The summed E-state index contributed by atoms with van der Waals surface area (Å²) in [5.74, 6) is -1.19. The van der Waals surface area contributed by atoms with Gasteiger partial charge in [-0.25, -0.2) is 4.79 Å². The lowest BCUT2D eigenvalue weighted by Gasteiger charge is -2.42. The molecule has 0 aromatic carbocycles. The van der Waals surface area contributed by atoms with Crippen molar-refractivity contribution in [3.63, 3.8) is 0 Å². The third-order valence-corrected chi connectivity index (χ3v) is 6.48. The van der Waals surface area contributed by atoms with Gasteiger partial charge in [0.15, 0.2) is 0 Å². The van der Waals surface area contributed by atoms with Crippen LogP contribution in [0.3, 0.4) is 0 Å². The first kappa shape index (κ1) is 23.1. The second-order valence-electron chi connectivity index (χ2n) is 8.27. The monoisotopic (exact) mass is 469 g/mol. The molecule has 0 bridgehead atoms. The molecule has 0 aromatic heterocycles. The number of hydrogen-bond acceptors (Lipinski definition) is 6. The molecule has 2 aliphatic heterocycles. The first-order chi connectivity index (χ1) is 13.4. The molecule has 1 aliphatic carbocycles. The minimum atomic E-state index is -2.26. The normalized spacial score (nSPS) is 38.3. The maximum Gasteiger partial charge on any atom is 0.414 e. The molecular formula is C19H26Cl3NO6. The number of amides is 2. The van der Waals surface area contributed by atoms with Crippen molar-refractivity contribution in [3.8, 4) is 0 Å². The Morgan fingerprint density at radius 1 is 1.31 bits per heavy atom. The zero-order valence-corrected chi connectivity index (χ0v) is 19.1. The standard InChI is InChI=1S/C19H26Cl3NO6/c1-10(2)5-6-12-17(3,29-12)14-13(26-4)11(7-8-18(14)9-27-18)28-16(25)23-15(24)19(20,21)22/h5,11-14H,6-9H2,1-4H3,(H,23,24,25)/t11-,12-,13-,14-,17+,18+/m1/s1. The zero-order chi connectivity index (χ0) is 21.6. The average Bonchev–Trinajstić information content (AvgIpc) is 3.51. The van der Waals surface area contributed by atoms with Crippen molar-refractivity contribution in [1.29, 1.82) is 0 Å². The smallest absolute Gasteiger partial charge is 0.414 e. The van der Waals surface area contributed by atoms with Crippen molar-refractivity contribution < 1.29 is 28.5 Å². The Morgan fingerprint density at radius 3 is 2.48 bits per heavy atom. The van der Waals surface area contributed by atoms with Gasteiger partial charge in [-0.1, -0.05) is 46.5 Å². The van der Waals surface area contributed by atoms with Gasteiger partial charge in [-0.15, -0.1) is 0 Å². The highest BCUT2D eigenvalue weighted by Crippen LogP contribution is 2.59. The Morgan fingerprint density at radius 2 is 1.97 bits per heavy atom. The summed E-state index contributed by atoms with van der Waals surface area (Å²) in [6, 6.07) is 0. The number of halogens is 3. The van der Waals surface area contributed by atoms with Crippen molar-refractivity contribution in [2.75, 3.05) is 13.7 Å². The van der Waals surface area contributed by atoms with Crippen LogP contribution in [0.4, 0.5) is 4.79 Å². The van der Waals surface area contributed by atoms with E-state index in [2.05, 4.69) is 6.08 Å². The van der Waals surface area contributed by atoms with Crippen molar-refractivity contribution in [1.82, 2.24) is 5.32 Å². The minimum Gasteiger partial charge on any atom is -0.443 e. The Kier molecular flexibility index (Phi) is 6.51. The summed E-state index contributed by atoms with van der Waals surface area (Å²) in [5.41, 5.74) is 0.442. The van der Waals surface area contributed by atoms with E-state index in [0.717, 1.165) is 6.42 Å². The largest absolute Gasteiger partial charge is 0.443 e. The van der Waals surface area contributed by atoms with E-state index in [1.807, 2.05) is 26.1 Å². The number of carbonyl (C=O) groups excluding carboxylic acids is 2. The lowest BCUT2D eigenvalue weighted by molar-refractivity contribution is -0.125. The second kappa shape index (κ2) is 8.17. The van der Waals surface area contributed by atoms with Crippen molar-refractivity contribution in [2.45, 2.75) is 73.3 Å². The van der Waals surface area contributed by atoms with Gasteiger partial charge < -0.3 is 18.9 Å². The molecule has 6 atom stereocenters. The van der Waals surface area contributed by atoms with E-state index < -0.39 is 33.6 Å². The Hall–Kier alpha value is -0.570. The SMILES string of the molecule is CO[C@@H]1[C@H](OC(=O)NC(=O)C(Cl)(Cl)Cl)CC[C@]2(CO2)[C@H]1[C@@]1(C)O[C@@H]1CC=C(C)C. The summed E-state index contributed by atoms with van der Waals surface area (Å²) in [6.45, 7) is 6.76. The lowest BCUT2D eigenvalue weighted by atomic mass is 9.68. The highest BCUT2D eigenvalue weighted by atomic mass is 35.6. The fourth-order valence-corrected chi connectivity index (χ4v) is 4.54. The predicted octanol–water partition coefficient (Wildman–Crippen LogP) is 3.69. The molecule has 0 radical (unpaired) electrons. The van der Waals surface area contributed by atoms with Crippen LogP contribution in [0, 0.1) is 5.92 Å². The summed E-state index contributed by atoms with van der Waals surface area (Å²) < 4.78 is 20.9. The van der Waals surface area contributed by atoms with Crippen LogP contribution in [0.2, 0.25) is 0 Å². The molecule has 3 fully saturated rings. The summed E-state index contributed by atoms with van der Waals surface area (Å²) in [6.07, 6.45) is 2.18. The zero-order valence-electron chi connectivity index (χ0n) is 16.8. The number of epoxide rings is 2. The van der Waals surface area contributed by atoms with E-state index in [1.165, 1.54) is 5.57 Å². The molecule has 164 valence electrons. The fraction of sp³-hybridized carbons (Fsp3) is 0.789. The molecule has 0 unspecified atom stereocenters. The van der Waals surface area contributed by atoms with Crippen LogP contribution in [0.15, 0.2) is 11.6 Å². The molecule has 3 aliphatic rings. The van der Waals surface area contributed by atoms with Crippen LogP contribution in [-0.4, -0.2) is 59.0 Å². The van der Waals surface area contributed by atoms with Gasteiger partial charge in [0.2, 0.25) is 0 Å². The number of methoxy groups -OCH3 is 1. The van der Waals surface area contributed by atoms with Gasteiger partial charge in [0, 0.05) is 7.11 Å². The minimum absolute atomic E-state index is 0.0413. The number of rotatable bonds is 5. The third kappa shape index (κ3) is 4.86. The number of hydrogen-bond donors (Lipinski definition) is 1.